The molecule has 0 N–H and O–H groups in total. The highest BCUT2D eigenvalue weighted by Crippen LogP contribution is 2.62. The van der Waals surface area contributed by atoms with Crippen LogP contribution in [0.1, 0.15) is 67.7 Å². The number of rotatable bonds is 5. The average molecular weight is 509 g/mol. The maximum absolute atomic E-state index is 12.5. The average Bonchev–Trinajstić information content (AvgIpc) is 3.31. The van der Waals surface area contributed by atoms with Crippen molar-refractivity contribution in [2.45, 2.75) is 109 Å². The van der Waals surface area contributed by atoms with E-state index in [9.17, 15) is 14.4 Å². The molecule has 4 bridgehead atoms. The van der Waals surface area contributed by atoms with Crippen molar-refractivity contribution in [1.82, 2.24) is 0 Å². The fourth-order valence-electron chi connectivity index (χ4n) is 7.64. The van der Waals surface area contributed by atoms with Crippen molar-refractivity contribution < 1.29 is 42.8 Å². The van der Waals surface area contributed by atoms with Crippen molar-refractivity contribution in [1.29, 1.82) is 0 Å². The van der Waals surface area contributed by atoms with E-state index in [0.29, 0.717) is 19.3 Å². The van der Waals surface area contributed by atoms with E-state index in [0.717, 1.165) is 5.57 Å². The van der Waals surface area contributed by atoms with Gasteiger partial charge in [-0.15, -0.1) is 0 Å². The first-order chi connectivity index (χ1) is 16.7. The maximum atomic E-state index is 12.5. The van der Waals surface area contributed by atoms with E-state index in [1.165, 1.54) is 20.8 Å². The molecule has 0 aromatic carbocycles. The van der Waals surface area contributed by atoms with Crippen LogP contribution >= 0.6 is 0 Å². The molecule has 10 atom stereocenters. The minimum atomic E-state index is -1.33. The second kappa shape index (κ2) is 9.10. The molecule has 202 valence electrons. The summed E-state index contributed by atoms with van der Waals surface area (Å²) in [4.78, 5) is 37.1. The Hall–Kier alpha value is -1.97. The lowest BCUT2D eigenvalue weighted by Crippen LogP contribution is -2.69. The van der Waals surface area contributed by atoms with Crippen molar-refractivity contribution in [3.8, 4) is 0 Å². The minimum Gasteiger partial charge on any atom is -0.458 e. The van der Waals surface area contributed by atoms with Crippen molar-refractivity contribution in [2.75, 3.05) is 7.11 Å². The van der Waals surface area contributed by atoms with Gasteiger partial charge in [0.05, 0.1) is 17.8 Å². The van der Waals surface area contributed by atoms with Crippen LogP contribution in [0.15, 0.2) is 12.2 Å². The van der Waals surface area contributed by atoms with Gasteiger partial charge in [0, 0.05) is 52.1 Å². The molecule has 36 heavy (non-hydrogen) atoms. The predicted molar refractivity (Wildman–Crippen MR) is 127 cm³/mol. The fourth-order valence-corrected chi connectivity index (χ4v) is 7.64. The quantitative estimate of drug-likeness (QED) is 0.314. The summed E-state index contributed by atoms with van der Waals surface area (Å²) in [6, 6.07) is 0. The number of hydrogen-bond acceptors (Lipinski definition) is 9. The minimum absolute atomic E-state index is 0.0211. The van der Waals surface area contributed by atoms with E-state index >= 15 is 0 Å². The van der Waals surface area contributed by atoms with Crippen LogP contribution in [0.4, 0.5) is 0 Å². The topological polar surface area (TPSA) is 107 Å². The Kier molecular flexibility index (Phi) is 6.84. The zero-order valence-corrected chi connectivity index (χ0v) is 22.6. The first-order valence-electron chi connectivity index (χ1n) is 12.8. The van der Waals surface area contributed by atoms with Gasteiger partial charge in [-0.3, -0.25) is 14.4 Å². The van der Waals surface area contributed by atoms with Gasteiger partial charge in [-0.25, -0.2) is 0 Å². The van der Waals surface area contributed by atoms with Gasteiger partial charge in [0.2, 0.25) is 0 Å². The summed E-state index contributed by atoms with van der Waals surface area (Å²) in [6.45, 7) is 16.2. The number of ether oxygens (including phenoxy) is 6. The van der Waals surface area contributed by atoms with Gasteiger partial charge in [0.1, 0.15) is 6.10 Å². The zero-order valence-electron chi connectivity index (χ0n) is 22.6. The Labute approximate surface area is 213 Å². The molecule has 9 nitrogen and oxygen atoms in total. The van der Waals surface area contributed by atoms with Crippen LogP contribution in [-0.4, -0.2) is 66.4 Å². The lowest BCUT2D eigenvalue weighted by molar-refractivity contribution is -0.258. The molecular formula is C27H40O9. The van der Waals surface area contributed by atoms with Gasteiger partial charge in [-0.05, 0) is 38.2 Å². The number of carbonyl (C=O) groups is 3. The van der Waals surface area contributed by atoms with E-state index in [2.05, 4.69) is 20.4 Å². The summed E-state index contributed by atoms with van der Waals surface area (Å²) in [5, 5.41) is 0. The smallest absolute Gasteiger partial charge is 0.303 e. The van der Waals surface area contributed by atoms with Crippen molar-refractivity contribution in [3.63, 3.8) is 0 Å². The first kappa shape index (κ1) is 27.1. The molecule has 0 spiro atoms. The maximum Gasteiger partial charge on any atom is 0.303 e. The molecule has 3 heterocycles. The molecule has 0 aromatic heterocycles. The first-order valence-corrected chi connectivity index (χ1v) is 12.8. The Morgan fingerprint density at radius 1 is 1.03 bits per heavy atom. The summed E-state index contributed by atoms with van der Waals surface area (Å²) in [6.07, 6.45) is -0.892. The molecule has 1 aliphatic carbocycles. The normalized spacial score (nSPS) is 45.5. The van der Waals surface area contributed by atoms with Crippen LogP contribution in [0.5, 0.6) is 0 Å². The van der Waals surface area contributed by atoms with Gasteiger partial charge in [0.15, 0.2) is 17.5 Å². The van der Waals surface area contributed by atoms with Gasteiger partial charge < -0.3 is 28.4 Å². The fraction of sp³-hybridized carbons (Fsp3) is 0.815. The molecule has 0 aromatic rings. The van der Waals surface area contributed by atoms with Crippen molar-refractivity contribution >= 4 is 17.9 Å². The van der Waals surface area contributed by atoms with Crippen LogP contribution in [0.25, 0.3) is 0 Å². The molecule has 0 radical (unpaired) electrons. The van der Waals surface area contributed by atoms with E-state index in [-0.39, 0.29) is 23.7 Å². The Bertz CT molecular complexity index is 946. The third kappa shape index (κ3) is 4.07. The van der Waals surface area contributed by atoms with Gasteiger partial charge in [-0.2, -0.15) is 0 Å². The molecule has 4 aliphatic rings. The third-order valence-corrected chi connectivity index (χ3v) is 8.83. The van der Waals surface area contributed by atoms with Crippen LogP contribution in [0.2, 0.25) is 0 Å². The third-order valence-electron chi connectivity index (χ3n) is 8.83. The largest absolute Gasteiger partial charge is 0.458 e. The van der Waals surface area contributed by atoms with Crippen molar-refractivity contribution in [2.24, 2.45) is 23.7 Å². The summed E-state index contributed by atoms with van der Waals surface area (Å²) in [5.74, 6) is -3.33. The van der Waals surface area contributed by atoms with Crippen LogP contribution in [0, 0.1) is 23.7 Å². The molecule has 3 aliphatic heterocycles. The summed E-state index contributed by atoms with van der Waals surface area (Å²) < 4.78 is 37.1. The lowest BCUT2D eigenvalue weighted by atomic mass is 9.55. The molecule has 0 amide bonds. The summed E-state index contributed by atoms with van der Waals surface area (Å²) in [5.41, 5.74) is -1.28. The van der Waals surface area contributed by atoms with Gasteiger partial charge in [0.25, 0.3) is 0 Å². The van der Waals surface area contributed by atoms with E-state index in [4.69, 9.17) is 28.4 Å². The predicted octanol–water partition coefficient (Wildman–Crippen LogP) is 3.33. The van der Waals surface area contributed by atoms with Crippen molar-refractivity contribution in [3.05, 3.63) is 12.2 Å². The number of carbonyl (C=O) groups excluding carboxylic acids is 3. The molecule has 1 saturated carbocycles. The van der Waals surface area contributed by atoms with Gasteiger partial charge >= 0.3 is 17.9 Å². The second-order valence-electron chi connectivity index (χ2n) is 11.6. The lowest BCUT2D eigenvalue weighted by Gasteiger charge is -2.55. The van der Waals surface area contributed by atoms with E-state index in [1.807, 2.05) is 6.92 Å². The zero-order chi connectivity index (χ0) is 26.8. The number of esters is 3. The van der Waals surface area contributed by atoms with Crippen LogP contribution < -0.4 is 0 Å². The summed E-state index contributed by atoms with van der Waals surface area (Å²) >= 11 is 0. The molecule has 0 unspecified atom stereocenters. The molecule has 3 saturated heterocycles. The molecule has 9 heteroatoms. The highest BCUT2D eigenvalue weighted by molar-refractivity contribution is 5.69. The Balaban J connectivity index is 1.94. The number of fused-ring (bicyclic) bond motifs is 8. The van der Waals surface area contributed by atoms with Crippen LogP contribution in [-0.2, 0) is 42.8 Å². The highest BCUT2D eigenvalue weighted by Gasteiger charge is 2.73. The Morgan fingerprint density at radius 3 is 2.19 bits per heavy atom. The molecule has 4 rings (SSSR count). The summed E-state index contributed by atoms with van der Waals surface area (Å²) in [7, 11) is 1.63. The SMILES string of the molecule is C=C1C[C@@H]2O[C@@H]([C@@H]3[C@@H](C(C)C)[C@H](OC(C)=O)[C@H](OC(C)=O)[C@@](C)(OC(C)=O)[C@@H]32)[C@]2(C)CC[C@@]1(OC)O2. The molecular weight excluding hydrogens is 468 g/mol. The standard InChI is InChI=1S/C27H40O9/c1-13(2)19-20-21(18-12-14(3)27(31-9)11-10-25(7,36-27)23(20)34-18)26(8,35-17(6)30)24(33-16(5)29)22(19)32-15(4)28/h13,18-24H,3,10-12H2,1-2,4-9H3/t18-,19+,20+,21+,22-,23-,24-,25-,26-,27+/m0/s1. The van der Waals surface area contributed by atoms with E-state index in [1.54, 1.807) is 14.0 Å². The number of methoxy groups -OCH3 is 1. The van der Waals surface area contributed by atoms with Gasteiger partial charge in [-0.1, -0.05) is 20.4 Å². The monoisotopic (exact) mass is 508 g/mol. The second-order valence-corrected chi connectivity index (χ2v) is 11.6. The number of hydrogen-bond donors (Lipinski definition) is 0. The van der Waals surface area contributed by atoms with Crippen LogP contribution in [0.3, 0.4) is 0 Å². The molecule has 4 fully saturated rings. The highest BCUT2D eigenvalue weighted by atomic mass is 16.7. The Morgan fingerprint density at radius 2 is 1.67 bits per heavy atom. The van der Waals surface area contributed by atoms with E-state index < -0.39 is 59.3 Å².